The molecule has 1 heterocycles. The normalized spacial score (nSPS) is 14.6. The second-order valence-electron chi connectivity index (χ2n) is 6.43. The molecular formula is C23H14FI2NO3. The molecule has 4 nitrogen and oxygen atoms in total. The number of aliphatic imine (C=N–C) groups is 1. The number of ether oxygens (including phenoxy) is 2. The predicted molar refractivity (Wildman–Crippen MR) is 130 cm³/mol. The number of carbonyl (C=O) groups excluding carboxylic acids is 1. The standard InChI is InChI=1S/C23H14FI2NO3/c24-17-8-4-5-14(9-17)13-29-21-18(25)10-15(11-19(21)26)12-20-23(28)30-22(27-20)16-6-2-1-3-7-16/h1-12H,13H2/b20-12-. The van der Waals surface area contributed by atoms with E-state index in [0.29, 0.717) is 11.6 Å². The zero-order chi connectivity index (χ0) is 21.1. The molecule has 0 bridgehead atoms. The van der Waals surface area contributed by atoms with Crippen LogP contribution in [0.4, 0.5) is 4.39 Å². The van der Waals surface area contributed by atoms with Crippen LogP contribution in [0.15, 0.2) is 77.4 Å². The number of benzene rings is 3. The van der Waals surface area contributed by atoms with Gasteiger partial charge in [0.25, 0.3) is 0 Å². The fraction of sp³-hybridized carbons (Fsp3) is 0.0435. The van der Waals surface area contributed by atoms with E-state index in [1.807, 2.05) is 48.5 Å². The maximum atomic E-state index is 13.4. The predicted octanol–water partition coefficient (Wildman–Crippen LogP) is 5.96. The van der Waals surface area contributed by atoms with Crippen molar-refractivity contribution in [3.63, 3.8) is 0 Å². The van der Waals surface area contributed by atoms with Gasteiger partial charge in [-0.2, -0.15) is 0 Å². The smallest absolute Gasteiger partial charge is 0.363 e. The highest BCUT2D eigenvalue weighted by atomic mass is 127. The minimum Gasteiger partial charge on any atom is -0.487 e. The molecular weight excluding hydrogens is 611 g/mol. The molecule has 0 atom stereocenters. The minimum atomic E-state index is -0.481. The second-order valence-corrected chi connectivity index (χ2v) is 8.76. The molecule has 0 saturated carbocycles. The summed E-state index contributed by atoms with van der Waals surface area (Å²) in [5.74, 6) is 0.239. The molecule has 0 N–H and O–H groups in total. The van der Waals surface area contributed by atoms with Crippen LogP contribution in [0, 0.1) is 13.0 Å². The van der Waals surface area contributed by atoms with Gasteiger partial charge in [0.1, 0.15) is 18.2 Å². The topological polar surface area (TPSA) is 47.9 Å². The third-order valence-electron chi connectivity index (χ3n) is 4.24. The molecule has 0 spiro atoms. The number of halogens is 3. The Bertz CT molecular complexity index is 1150. The summed E-state index contributed by atoms with van der Waals surface area (Å²) in [4.78, 5) is 16.6. The first-order valence-corrected chi connectivity index (χ1v) is 11.1. The van der Waals surface area contributed by atoms with E-state index in [4.69, 9.17) is 9.47 Å². The summed E-state index contributed by atoms with van der Waals surface area (Å²) in [6.45, 7) is 0.265. The zero-order valence-corrected chi connectivity index (χ0v) is 19.8. The third kappa shape index (κ3) is 4.89. The molecule has 3 aromatic rings. The van der Waals surface area contributed by atoms with Gasteiger partial charge in [-0.25, -0.2) is 14.2 Å². The highest BCUT2D eigenvalue weighted by molar-refractivity contribution is 14.1. The van der Waals surface area contributed by atoms with Gasteiger partial charge in [0.2, 0.25) is 5.90 Å². The minimum absolute atomic E-state index is 0.244. The number of carbonyl (C=O) groups is 1. The lowest BCUT2D eigenvalue weighted by Crippen LogP contribution is -2.05. The first-order chi connectivity index (χ1) is 14.5. The lowest BCUT2D eigenvalue weighted by molar-refractivity contribution is -0.129. The molecule has 4 rings (SSSR count). The van der Waals surface area contributed by atoms with E-state index in [1.165, 1.54) is 12.1 Å². The molecule has 0 aromatic heterocycles. The maximum Gasteiger partial charge on any atom is 0.363 e. The van der Waals surface area contributed by atoms with E-state index < -0.39 is 5.97 Å². The van der Waals surface area contributed by atoms with Crippen molar-refractivity contribution < 1.29 is 18.7 Å². The van der Waals surface area contributed by atoms with E-state index in [1.54, 1.807) is 12.1 Å². The number of rotatable bonds is 5. The van der Waals surface area contributed by atoms with Crippen molar-refractivity contribution in [1.29, 1.82) is 0 Å². The highest BCUT2D eigenvalue weighted by Gasteiger charge is 2.24. The molecule has 0 radical (unpaired) electrons. The first-order valence-electron chi connectivity index (χ1n) is 8.94. The average Bonchev–Trinajstić information content (AvgIpc) is 3.08. The molecule has 0 saturated heterocycles. The molecule has 1 aliphatic rings. The lowest BCUT2D eigenvalue weighted by Gasteiger charge is -2.11. The number of hydrogen-bond donors (Lipinski definition) is 0. The molecule has 7 heteroatoms. The van der Waals surface area contributed by atoms with Gasteiger partial charge in [-0.1, -0.05) is 30.3 Å². The van der Waals surface area contributed by atoms with Crippen LogP contribution >= 0.6 is 45.2 Å². The summed E-state index contributed by atoms with van der Waals surface area (Å²) in [5, 5.41) is 0. The molecule has 30 heavy (non-hydrogen) atoms. The number of nitrogens with zero attached hydrogens (tertiary/aromatic N) is 1. The largest absolute Gasteiger partial charge is 0.487 e. The van der Waals surface area contributed by atoms with Crippen LogP contribution in [-0.4, -0.2) is 11.9 Å². The van der Waals surface area contributed by atoms with Gasteiger partial charge in [0, 0.05) is 5.56 Å². The summed E-state index contributed by atoms with van der Waals surface area (Å²) in [6, 6.07) is 19.4. The van der Waals surface area contributed by atoms with Gasteiger partial charge in [0.15, 0.2) is 5.70 Å². The lowest BCUT2D eigenvalue weighted by atomic mass is 10.2. The van der Waals surface area contributed by atoms with Crippen LogP contribution in [0.1, 0.15) is 16.7 Å². The van der Waals surface area contributed by atoms with Gasteiger partial charge >= 0.3 is 5.97 Å². The Labute approximate surface area is 200 Å². The fourth-order valence-corrected chi connectivity index (χ4v) is 4.98. The monoisotopic (exact) mass is 625 g/mol. The van der Waals surface area contributed by atoms with Crippen LogP contribution < -0.4 is 4.74 Å². The highest BCUT2D eigenvalue weighted by Crippen LogP contribution is 2.31. The van der Waals surface area contributed by atoms with Gasteiger partial charge in [0.05, 0.1) is 7.14 Å². The Kier molecular flexibility index (Phi) is 6.47. The van der Waals surface area contributed by atoms with Crippen LogP contribution in [0.2, 0.25) is 0 Å². The number of esters is 1. The summed E-state index contributed by atoms with van der Waals surface area (Å²) >= 11 is 4.36. The number of hydrogen-bond acceptors (Lipinski definition) is 4. The van der Waals surface area contributed by atoms with Crippen molar-refractivity contribution in [1.82, 2.24) is 0 Å². The molecule has 0 amide bonds. The van der Waals surface area contributed by atoms with Crippen molar-refractivity contribution in [2.45, 2.75) is 6.61 Å². The SMILES string of the molecule is O=C1OC(c2ccccc2)=N/C1=C\c1cc(I)c(OCc2cccc(F)c2)c(I)c1. The van der Waals surface area contributed by atoms with E-state index in [-0.39, 0.29) is 18.1 Å². The fourth-order valence-electron chi connectivity index (χ4n) is 2.85. The summed E-state index contributed by atoms with van der Waals surface area (Å²) in [7, 11) is 0. The summed E-state index contributed by atoms with van der Waals surface area (Å²) in [5.41, 5.74) is 2.56. The van der Waals surface area contributed by atoms with Crippen LogP contribution in [0.3, 0.4) is 0 Å². The maximum absolute atomic E-state index is 13.4. The summed E-state index contributed by atoms with van der Waals surface area (Å²) < 4.78 is 26.3. The Hall–Kier alpha value is -2.27. The van der Waals surface area contributed by atoms with Crippen molar-refractivity contribution in [3.8, 4) is 5.75 Å². The van der Waals surface area contributed by atoms with Gasteiger partial charge < -0.3 is 9.47 Å². The zero-order valence-electron chi connectivity index (χ0n) is 15.4. The second kappa shape index (κ2) is 9.25. The van der Waals surface area contributed by atoms with E-state index in [9.17, 15) is 9.18 Å². The third-order valence-corrected chi connectivity index (χ3v) is 5.84. The molecule has 150 valence electrons. The Morgan fingerprint density at radius 2 is 1.73 bits per heavy atom. The van der Waals surface area contributed by atoms with Gasteiger partial charge in [-0.05, 0) is 98.8 Å². The van der Waals surface area contributed by atoms with Crippen LogP contribution in [-0.2, 0) is 16.1 Å². The van der Waals surface area contributed by atoms with Gasteiger partial charge in [-0.3, -0.25) is 0 Å². The summed E-state index contributed by atoms with van der Waals surface area (Å²) in [6.07, 6.45) is 1.69. The Balaban J connectivity index is 1.55. The van der Waals surface area contributed by atoms with E-state index in [0.717, 1.165) is 23.8 Å². The molecule has 0 unspecified atom stereocenters. The first kappa shape index (κ1) is 21.0. The molecule has 0 aliphatic carbocycles. The van der Waals surface area contributed by atoms with Crippen LogP contribution in [0.25, 0.3) is 6.08 Å². The van der Waals surface area contributed by atoms with Crippen molar-refractivity contribution >= 4 is 63.1 Å². The van der Waals surface area contributed by atoms with E-state index in [2.05, 4.69) is 50.2 Å². The van der Waals surface area contributed by atoms with Crippen molar-refractivity contribution in [3.05, 3.63) is 102 Å². The van der Waals surface area contributed by atoms with Crippen LogP contribution in [0.5, 0.6) is 5.75 Å². The number of cyclic esters (lactones) is 1. The quantitative estimate of drug-likeness (QED) is 0.200. The van der Waals surface area contributed by atoms with Crippen molar-refractivity contribution in [2.24, 2.45) is 4.99 Å². The van der Waals surface area contributed by atoms with E-state index >= 15 is 0 Å². The van der Waals surface area contributed by atoms with Gasteiger partial charge in [-0.15, -0.1) is 0 Å². The average molecular weight is 625 g/mol. The molecule has 3 aromatic carbocycles. The molecule has 0 fully saturated rings. The Morgan fingerprint density at radius 1 is 1.00 bits per heavy atom. The van der Waals surface area contributed by atoms with Crippen molar-refractivity contribution in [2.75, 3.05) is 0 Å². The Morgan fingerprint density at radius 3 is 2.43 bits per heavy atom. The molecule has 1 aliphatic heterocycles.